The summed E-state index contributed by atoms with van der Waals surface area (Å²) in [6.45, 7) is 3.64. The highest BCUT2D eigenvalue weighted by Crippen LogP contribution is 2.29. The molecule has 2 rings (SSSR count). The van der Waals surface area contributed by atoms with E-state index in [1.165, 1.54) is 7.11 Å². The third-order valence-electron chi connectivity index (χ3n) is 4.41. The number of carbonyl (C=O) groups excluding carboxylic acids is 2. The van der Waals surface area contributed by atoms with Crippen molar-refractivity contribution < 1.29 is 19.1 Å². The van der Waals surface area contributed by atoms with Gasteiger partial charge >= 0.3 is 5.97 Å². The summed E-state index contributed by atoms with van der Waals surface area (Å²) in [6.07, 6.45) is 0.820. The normalized spacial score (nSPS) is 12.7. The Balaban J connectivity index is 2.02. The van der Waals surface area contributed by atoms with Crippen molar-refractivity contribution in [3.8, 4) is 5.75 Å². The van der Waals surface area contributed by atoms with Gasteiger partial charge in [-0.3, -0.25) is 9.59 Å². The van der Waals surface area contributed by atoms with Crippen LogP contribution in [0.15, 0.2) is 48.5 Å². The molecule has 0 spiro atoms. The Morgan fingerprint density at radius 2 is 1.85 bits per heavy atom. The van der Waals surface area contributed by atoms with Gasteiger partial charge in [0, 0.05) is 5.02 Å². The van der Waals surface area contributed by atoms with Crippen LogP contribution >= 0.6 is 11.6 Å². The molecule has 0 aliphatic rings. The Hall–Kier alpha value is -2.53. The maximum atomic E-state index is 12.6. The van der Waals surface area contributed by atoms with Gasteiger partial charge in [0.1, 0.15) is 5.75 Å². The summed E-state index contributed by atoms with van der Waals surface area (Å²) >= 11 is 5.95. The molecule has 0 saturated heterocycles. The third-order valence-corrected chi connectivity index (χ3v) is 4.64. The highest BCUT2D eigenvalue weighted by Gasteiger charge is 2.27. The van der Waals surface area contributed by atoms with Gasteiger partial charge < -0.3 is 14.8 Å². The van der Waals surface area contributed by atoms with Crippen molar-refractivity contribution in [1.29, 1.82) is 0 Å². The molecule has 2 atom stereocenters. The van der Waals surface area contributed by atoms with Crippen molar-refractivity contribution in [2.75, 3.05) is 19.0 Å². The van der Waals surface area contributed by atoms with Crippen LogP contribution in [0, 0.1) is 5.92 Å². The van der Waals surface area contributed by atoms with Gasteiger partial charge in [-0.15, -0.1) is 0 Å². The smallest absolute Gasteiger partial charge is 0.314 e. The van der Waals surface area contributed by atoms with E-state index in [1.54, 1.807) is 18.2 Å². The Morgan fingerprint density at radius 1 is 1.15 bits per heavy atom. The zero-order valence-electron chi connectivity index (χ0n) is 15.7. The molecule has 144 valence electrons. The number of benzene rings is 2. The summed E-state index contributed by atoms with van der Waals surface area (Å²) < 4.78 is 10.5. The quantitative estimate of drug-likeness (QED) is 0.667. The molecular weight excluding hydrogens is 366 g/mol. The van der Waals surface area contributed by atoms with E-state index in [0.717, 1.165) is 12.0 Å². The van der Waals surface area contributed by atoms with E-state index in [9.17, 15) is 9.59 Å². The Morgan fingerprint density at radius 3 is 2.48 bits per heavy atom. The maximum absolute atomic E-state index is 12.6. The summed E-state index contributed by atoms with van der Waals surface area (Å²) in [7, 11) is 1.50. The van der Waals surface area contributed by atoms with Gasteiger partial charge in [-0.25, -0.2) is 0 Å². The number of ether oxygens (including phenoxy) is 2. The van der Waals surface area contributed by atoms with E-state index in [-0.39, 0.29) is 12.5 Å². The number of carbonyl (C=O) groups is 2. The lowest BCUT2D eigenvalue weighted by molar-refractivity contribution is -0.150. The average Bonchev–Trinajstić information content (AvgIpc) is 2.67. The van der Waals surface area contributed by atoms with Crippen LogP contribution in [0.25, 0.3) is 0 Å². The first-order valence-corrected chi connectivity index (χ1v) is 9.19. The second kappa shape index (κ2) is 9.97. The summed E-state index contributed by atoms with van der Waals surface area (Å²) in [4.78, 5) is 24.8. The number of anilines is 1. The average molecular weight is 390 g/mol. The Labute approximate surface area is 164 Å². The zero-order chi connectivity index (χ0) is 19.8. The molecule has 6 heteroatoms. The molecule has 0 heterocycles. The van der Waals surface area contributed by atoms with Crippen LogP contribution < -0.4 is 10.1 Å². The van der Waals surface area contributed by atoms with E-state index < -0.39 is 17.8 Å². The molecule has 27 heavy (non-hydrogen) atoms. The molecule has 1 N–H and O–H groups in total. The van der Waals surface area contributed by atoms with Gasteiger partial charge in [0.05, 0.1) is 18.7 Å². The van der Waals surface area contributed by atoms with Crippen LogP contribution in [0.3, 0.4) is 0 Å². The van der Waals surface area contributed by atoms with Gasteiger partial charge in [-0.2, -0.15) is 0 Å². The highest BCUT2D eigenvalue weighted by atomic mass is 35.5. The second-order valence-electron chi connectivity index (χ2n) is 6.27. The minimum Gasteiger partial charge on any atom is -0.495 e. The number of rotatable bonds is 8. The monoisotopic (exact) mass is 389 g/mol. The number of methoxy groups -OCH3 is 1. The number of halogens is 1. The summed E-state index contributed by atoms with van der Waals surface area (Å²) in [5.41, 5.74) is 1.31. The van der Waals surface area contributed by atoms with Gasteiger partial charge in [-0.1, -0.05) is 62.2 Å². The molecule has 2 aromatic rings. The van der Waals surface area contributed by atoms with E-state index in [2.05, 4.69) is 5.32 Å². The molecule has 0 unspecified atom stereocenters. The lowest BCUT2D eigenvalue weighted by Crippen LogP contribution is -2.27. The molecule has 2 aromatic carbocycles. The Bertz CT molecular complexity index is 779. The van der Waals surface area contributed by atoms with Gasteiger partial charge in [-0.05, 0) is 29.7 Å². The van der Waals surface area contributed by atoms with E-state index in [1.807, 2.05) is 44.2 Å². The van der Waals surface area contributed by atoms with E-state index in [0.29, 0.717) is 16.5 Å². The van der Waals surface area contributed by atoms with Gasteiger partial charge in [0.15, 0.2) is 6.61 Å². The first-order chi connectivity index (χ1) is 13.0. The number of amides is 1. The summed E-state index contributed by atoms with van der Waals surface area (Å²) in [5.74, 6) is -0.717. The molecule has 0 bridgehead atoms. The van der Waals surface area contributed by atoms with Crippen molar-refractivity contribution in [1.82, 2.24) is 0 Å². The van der Waals surface area contributed by atoms with Crippen molar-refractivity contribution in [2.24, 2.45) is 5.92 Å². The number of esters is 1. The lowest BCUT2D eigenvalue weighted by Gasteiger charge is -2.21. The van der Waals surface area contributed by atoms with E-state index >= 15 is 0 Å². The SMILES string of the molecule is CC[C@@H](C)[C@H](C(=O)OCC(=O)Nc1cc(Cl)ccc1OC)c1ccccc1. The van der Waals surface area contributed by atoms with E-state index in [4.69, 9.17) is 21.1 Å². The van der Waals surface area contributed by atoms with Crippen LogP contribution in [-0.2, 0) is 14.3 Å². The van der Waals surface area contributed by atoms with Crippen LogP contribution in [0.2, 0.25) is 5.02 Å². The molecule has 0 aliphatic carbocycles. The summed E-state index contributed by atoms with van der Waals surface area (Å²) in [5, 5.41) is 3.12. The molecule has 0 fully saturated rings. The van der Waals surface area contributed by atoms with Crippen molar-refractivity contribution >= 4 is 29.2 Å². The topological polar surface area (TPSA) is 64.6 Å². The fourth-order valence-corrected chi connectivity index (χ4v) is 2.96. The first-order valence-electron chi connectivity index (χ1n) is 8.81. The van der Waals surface area contributed by atoms with Crippen molar-refractivity contribution in [3.05, 3.63) is 59.1 Å². The minimum absolute atomic E-state index is 0.0935. The standard InChI is InChI=1S/C21H24ClNO4/c1-4-14(2)20(15-8-6-5-7-9-15)21(25)27-13-19(24)23-17-12-16(22)10-11-18(17)26-3/h5-12,14,20H,4,13H2,1-3H3,(H,23,24)/t14-,20+/m1/s1. The molecule has 0 aliphatic heterocycles. The number of nitrogens with one attached hydrogen (secondary N) is 1. The largest absolute Gasteiger partial charge is 0.495 e. The Kier molecular flexibility index (Phi) is 7.67. The van der Waals surface area contributed by atoms with Gasteiger partial charge in [0.25, 0.3) is 5.91 Å². The fourth-order valence-electron chi connectivity index (χ4n) is 2.78. The van der Waals surface area contributed by atoms with Gasteiger partial charge in [0.2, 0.25) is 0 Å². The third kappa shape index (κ3) is 5.73. The molecule has 0 radical (unpaired) electrons. The summed E-state index contributed by atoms with van der Waals surface area (Å²) in [6, 6.07) is 14.3. The van der Waals surface area contributed by atoms with Crippen molar-refractivity contribution in [2.45, 2.75) is 26.2 Å². The molecule has 0 saturated carbocycles. The number of hydrogen-bond donors (Lipinski definition) is 1. The predicted molar refractivity (Wildman–Crippen MR) is 106 cm³/mol. The van der Waals surface area contributed by atoms with Crippen LogP contribution in [-0.4, -0.2) is 25.6 Å². The lowest BCUT2D eigenvalue weighted by atomic mass is 9.86. The minimum atomic E-state index is -0.458. The highest BCUT2D eigenvalue weighted by molar-refractivity contribution is 6.31. The maximum Gasteiger partial charge on any atom is 0.314 e. The van der Waals surface area contributed by atoms with Crippen LogP contribution in [0.1, 0.15) is 31.7 Å². The van der Waals surface area contributed by atoms with Crippen LogP contribution in [0.4, 0.5) is 5.69 Å². The molecule has 0 aromatic heterocycles. The molecule has 1 amide bonds. The molecule has 5 nitrogen and oxygen atoms in total. The second-order valence-corrected chi connectivity index (χ2v) is 6.71. The first kappa shape index (κ1) is 20.8. The molecular formula is C21H24ClNO4. The fraction of sp³-hybridized carbons (Fsp3) is 0.333. The van der Waals surface area contributed by atoms with Crippen LogP contribution in [0.5, 0.6) is 5.75 Å². The van der Waals surface area contributed by atoms with Crippen molar-refractivity contribution in [3.63, 3.8) is 0 Å². The zero-order valence-corrected chi connectivity index (χ0v) is 16.5. The number of hydrogen-bond acceptors (Lipinski definition) is 4. The predicted octanol–water partition coefficient (Wildman–Crippen LogP) is 4.66.